The molecule has 0 spiro atoms. The number of Topliss-reactive ketones (excluding diaryl/α,β-unsaturated/α-hetero) is 2. The number of carbonyl (C=O) groups is 2. The third-order valence-corrected chi connectivity index (χ3v) is 7.52. The summed E-state index contributed by atoms with van der Waals surface area (Å²) in [7, 11) is 0. The zero-order valence-corrected chi connectivity index (χ0v) is 23.9. The van der Waals surface area contributed by atoms with Crippen molar-refractivity contribution >= 4 is 11.6 Å². The summed E-state index contributed by atoms with van der Waals surface area (Å²) >= 11 is 0. The summed E-state index contributed by atoms with van der Waals surface area (Å²) in [5.74, 6) is -1.30. The molecule has 0 aliphatic rings. The highest BCUT2D eigenvalue weighted by atomic mass is 16.4. The second-order valence-electron chi connectivity index (χ2n) is 10.9. The Morgan fingerprint density at radius 2 is 0.778 bits per heavy atom. The molecule has 0 aromatic rings. The Labute approximate surface area is 222 Å². The maximum Gasteiger partial charge on any atom is 0.209 e. The van der Waals surface area contributed by atoms with Gasteiger partial charge in [0.25, 0.3) is 0 Å². The first kappa shape index (κ1) is 35.2. The third kappa shape index (κ3) is 16.9. The molecule has 0 aliphatic heterocycles. The summed E-state index contributed by atoms with van der Waals surface area (Å²) in [5, 5.41) is 30.1. The highest BCUT2D eigenvalue weighted by molar-refractivity contribution is 6.10. The van der Waals surface area contributed by atoms with Crippen LogP contribution in [0.15, 0.2) is 0 Å². The summed E-state index contributed by atoms with van der Waals surface area (Å²) in [6, 6.07) is 0. The fourth-order valence-electron chi connectivity index (χ4n) is 4.94. The Kier molecular flexibility index (Phi) is 24.0. The summed E-state index contributed by atoms with van der Waals surface area (Å²) in [6.07, 6.45) is 24.3. The van der Waals surface area contributed by atoms with Gasteiger partial charge in [-0.15, -0.1) is 0 Å². The third-order valence-electron chi connectivity index (χ3n) is 7.52. The predicted octanol–water partition coefficient (Wildman–Crippen LogP) is 7.61. The molecule has 0 saturated carbocycles. The van der Waals surface area contributed by atoms with Crippen LogP contribution in [0.1, 0.15) is 168 Å². The summed E-state index contributed by atoms with van der Waals surface area (Å²) in [4.78, 5) is 25.2. The van der Waals surface area contributed by atoms with E-state index in [1.807, 2.05) is 0 Å². The Morgan fingerprint density at radius 3 is 1.03 bits per heavy atom. The average molecular weight is 513 g/mol. The lowest BCUT2D eigenvalue weighted by Crippen LogP contribution is -2.57. The molecule has 0 aromatic carbocycles. The average Bonchev–Trinajstić information content (AvgIpc) is 2.88. The van der Waals surface area contributed by atoms with Gasteiger partial charge in [-0.2, -0.15) is 0 Å². The van der Waals surface area contributed by atoms with Gasteiger partial charge in [-0.25, -0.2) is 0 Å². The van der Waals surface area contributed by atoms with Gasteiger partial charge in [0.2, 0.25) is 5.60 Å². The van der Waals surface area contributed by atoms with Crippen molar-refractivity contribution in [2.45, 2.75) is 180 Å². The van der Waals surface area contributed by atoms with Gasteiger partial charge in [0, 0.05) is 12.8 Å². The van der Waals surface area contributed by atoms with E-state index in [4.69, 9.17) is 0 Å². The van der Waals surface area contributed by atoms with Crippen molar-refractivity contribution in [1.29, 1.82) is 0 Å². The minimum atomic E-state index is -2.46. The van der Waals surface area contributed by atoms with Crippen LogP contribution in [0.4, 0.5) is 0 Å². The molecular weight excluding hydrogens is 452 g/mol. The minimum Gasteiger partial charge on any atom is -0.394 e. The first-order valence-corrected chi connectivity index (χ1v) is 15.5. The molecule has 0 aromatic heterocycles. The number of hydrogen-bond donors (Lipinski definition) is 3. The van der Waals surface area contributed by atoms with Gasteiger partial charge in [-0.1, -0.05) is 142 Å². The molecule has 0 aliphatic carbocycles. The van der Waals surface area contributed by atoms with Crippen LogP contribution in [-0.2, 0) is 9.59 Å². The Balaban J connectivity index is 3.87. The molecule has 0 rings (SSSR count). The van der Waals surface area contributed by atoms with E-state index in [1.54, 1.807) is 0 Å². The SMILES string of the molecule is CCCCCCCCCCCCCCCCCCCC(=O)C(O)(C(=O)CCCCCCC)C(O)CO. The minimum absolute atomic E-state index is 0.0576. The molecule has 5 heteroatoms. The van der Waals surface area contributed by atoms with Gasteiger partial charge in [-0.05, 0) is 12.8 Å². The van der Waals surface area contributed by atoms with E-state index in [0.717, 1.165) is 44.9 Å². The molecule has 0 saturated heterocycles. The maximum absolute atomic E-state index is 12.7. The van der Waals surface area contributed by atoms with E-state index in [-0.39, 0.29) is 12.8 Å². The predicted molar refractivity (Wildman–Crippen MR) is 150 cm³/mol. The number of aliphatic hydroxyl groups is 3. The topological polar surface area (TPSA) is 94.8 Å². The standard InChI is InChI=1S/C31H60O5/c1-3-5-7-9-10-11-12-13-14-15-16-17-18-19-20-22-24-26-29(34)31(36,30(35)27-32)28(33)25-23-21-8-6-4-2/h30,32,35-36H,3-27H2,1-2H3. The molecule has 2 unspecified atom stereocenters. The van der Waals surface area contributed by atoms with Gasteiger partial charge in [0.05, 0.1) is 6.61 Å². The van der Waals surface area contributed by atoms with Crippen LogP contribution in [0.5, 0.6) is 0 Å². The summed E-state index contributed by atoms with van der Waals surface area (Å²) in [6.45, 7) is 3.57. The number of rotatable bonds is 28. The van der Waals surface area contributed by atoms with Crippen molar-refractivity contribution in [3.63, 3.8) is 0 Å². The van der Waals surface area contributed by atoms with Crippen molar-refractivity contribution in [2.75, 3.05) is 6.61 Å². The molecule has 0 heterocycles. The normalized spacial score (nSPS) is 14.0. The first-order valence-electron chi connectivity index (χ1n) is 15.5. The van der Waals surface area contributed by atoms with E-state index in [0.29, 0.717) is 12.8 Å². The lowest BCUT2D eigenvalue weighted by Gasteiger charge is -2.29. The number of aliphatic hydroxyl groups excluding tert-OH is 2. The number of carbonyl (C=O) groups excluding carboxylic acids is 2. The molecule has 0 radical (unpaired) electrons. The zero-order chi connectivity index (χ0) is 26.9. The van der Waals surface area contributed by atoms with Crippen LogP contribution in [-0.4, -0.2) is 45.2 Å². The lowest BCUT2D eigenvalue weighted by molar-refractivity contribution is -0.166. The molecular formula is C31H60O5. The molecule has 214 valence electrons. The Bertz CT molecular complexity index is 521. The van der Waals surface area contributed by atoms with E-state index in [2.05, 4.69) is 13.8 Å². The molecule has 0 fully saturated rings. The molecule has 0 amide bonds. The van der Waals surface area contributed by atoms with Crippen LogP contribution in [0.2, 0.25) is 0 Å². The smallest absolute Gasteiger partial charge is 0.209 e. The molecule has 2 atom stereocenters. The fourth-order valence-corrected chi connectivity index (χ4v) is 4.94. The molecule has 36 heavy (non-hydrogen) atoms. The van der Waals surface area contributed by atoms with Gasteiger partial charge in [0.1, 0.15) is 6.10 Å². The Hall–Kier alpha value is -0.780. The van der Waals surface area contributed by atoms with Crippen molar-refractivity contribution in [1.82, 2.24) is 0 Å². The first-order chi connectivity index (χ1) is 17.4. The molecule has 3 N–H and O–H groups in total. The van der Waals surface area contributed by atoms with Crippen molar-refractivity contribution in [3.8, 4) is 0 Å². The van der Waals surface area contributed by atoms with Crippen LogP contribution < -0.4 is 0 Å². The highest BCUT2D eigenvalue weighted by Gasteiger charge is 2.48. The number of unbranched alkanes of at least 4 members (excludes halogenated alkanes) is 20. The summed E-state index contributed by atoms with van der Waals surface area (Å²) < 4.78 is 0. The largest absolute Gasteiger partial charge is 0.394 e. The fraction of sp³-hybridized carbons (Fsp3) is 0.935. The van der Waals surface area contributed by atoms with Gasteiger partial charge < -0.3 is 15.3 Å². The van der Waals surface area contributed by atoms with E-state index < -0.39 is 29.9 Å². The van der Waals surface area contributed by atoms with Crippen LogP contribution in [0.3, 0.4) is 0 Å². The summed E-state index contributed by atoms with van der Waals surface area (Å²) in [5.41, 5.74) is -2.46. The van der Waals surface area contributed by atoms with Gasteiger partial charge >= 0.3 is 0 Å². The number of ketones is 2. The molecule has 0 bridgehead atoms. The van der Waals surface area contributed by atoms with Crippen LogP contribution >= 0.6 is 0 Å². The Morgan fingerprint density at radius 1 is 0.528 bits per heavy atom. The number of hydrogen-bond acceptors (Lipinski definition) is 5. The van der Waals surface area contributed by atoms with Crippen molar-refractivity contribution < 1.29 is 24.9 Å². The lowest BCUT2D eigenvalue weighted by atomic mass is 9.82. The van der Waals surface area contributed by atoms with E-state index in [9.17, 15) is 24.9 Å². The quantitative estimate of drug-likeness (QED) is 0.0740. The molecule has 5 nitrogen and oxygen atoms in total. The second-order valence-corrected chi connectivity index (χ2v) is 10.9. The highest BCUT2D eigenvalue weighted by Crippen LogP contribution is 2.22. The zero-order valence-electron chi connectivity index (χ0n) is 23.9. The van der Waals surface area contributed by atoms with Crippen LogP contribution in [0, 0.1) is 0 Å². The van der Waals surface area contributed by atoms with E-state index in [1.165, 1.54) is 83.5 Å². The van der Waals surface area contributed by atoms with Gasteiger partial charge in [0.15, 0.2) is 11.6 Å². The van der Waals surface area contributed by atoms with Crippen LogP contribution in [0.25, 0.3) is 0 Å². The van der Waals surface area contributed by atoms with Crippen molar-refractivity contribution in [3.05, 3.63) is 0 Å². The monoisotopic (exact) mass is 512 g/mol. The maximum atomic E-state index is 12.7. The van der Waals surface area contributed by atoms with E-state index >= 15 is 0 Å². The second kappa shape index (κ2) is 24.6. The van der Waals surface area contributed by atoms with Gasteiger partial charge in [-0.3, -0.25) is 9.59 Å². The van der Waals surface area contributed by atoms with Crippen molar-refractivity contribution in [2.24, 2.45) is 0 Å².